The van der Waals surface area contributed by atoms with Gasteiger partial charge in [0.15, 0.2) is 0 Å². The van der Waals surface area contributed by atoms with E-state index < -0.39 is 0 Å². The lowest BCUT2D eigenvalue weighted by atomic mass is 10.2. The third-order valence-electron chi connectivity index (χ3n) is 1.79. The summed E-state index contributed by atoms with van der Waals surface area (Å²) in [5.74, 6) is -0.202. The minimum atomic E-state index is -0.202. The molecule has 13 heavy (non-hydrogen) atoms. The number of carbonyl (C=O) groups is 1. The quantitative estimate of drug-likeness (QED) is 0.418. The van der Waals surface area contributed by atoms with Crippen molar-refractivity contribution in [2.45, 2.75) is 32.1 Å². The van der Waals surface area contributed by atoms with Gasteiger partial charge in [-0.15, -0.1) is 6.58 Å². The van der Waals surface area contributed by atoms with Crippen LogP contribution in [-0.4, -0.2) is 19.0 Å². The minimum Gasteiger partial charge on any atom is -0.370 e. The summed E-state index contributed by atoms with van der Waals surface area (Å²) in [4.78, 5) is 10.4. The fraction of sp³-hybridized carbons (Fsp3) is 0.700. The van der Waals surface area contributed by atoms with Gasteiger partial charge in [0.05, 0.1) is 0 Å². The summed E-state index contributed by atoms with van der Waals surface area (Å²) in [6, 6.07) is 0. The van der Waals surface area contributed by atoms with E-state index in [4.69, 9.17) is 5.73 Å². The standard InChI is InChI=1S/C10H20N2O/c1-2-3-5-8-12-9-6-4-7-10(11)13/h2,12H,1,3-9H2,(H2,11,13). The smallest absolute Gasteiger partial charge is 0.217 e. The molecule has 0 aromatic rings. The summed E-state index contributed by atoms with van der Waals surface area (Å²) in [5, 5.41) is 3.29. The molecule has 1 amide bonds. The molecule has 0 aliphatic heterocycles. The molecule has 0 saturated carbocycles. The molecule has 3 heteroatoms. The zero-order valence-electron chi connectivity index (χ0n) is 8.22. The first-order valence-corrected chi connectivity index (χ1v) is 4.87. The molecule has 0 aliphatic rings. The topological polar surface area (TPSA) is 55.1 Å². The van der Waals surface area contributed by atoms with Crippen LogP contribution in [0.25, 0.3) is 0 Å². The lowest BCUT2D eigenvalue weighted by Crippen LogP contribution is -2.17. The zero-order valence-corrected chi connectivity index (χ0v) is 8.22. The Morgan fingerprint density at radius 3 is 2.62 bits per heavy atom. The molecular weight excluding hydrogens is 164 g/mol. The molecule has 0 spiro atoms. The average Bonchev–Trinajstić information content (AvgIpc) is 2.09. The van der Waals surface area contributed by atoms with Gasteiger partial charge in [-0.1, -0.05) is 6.08 Å². The molecule has 0 unspecified atom stereocenters. The van der Waals surface area contributed by atoms with E-state index in [0.717, 1.165) is 38.8 Å². The van der Waals surface area contributed by atoms with Crippen molar-refractivity contribution >= 4 is 5.91 Å². The predicted molar refractivity (Wildman–Crippen MR) is 55.3 cm³/mol. The Bertz CT molecular complexity index is 146. The van der Waals surface area contributed by atoms with Crippen molar-refractivity contribution in [2.24, 2.45) is 5.73 Å². The number of hydrogen-bond acceptors (Lipinski definition) is 2. The summed E-state index contributed by atoms with van der Waals surface area (Å²) >= 11 is 0. The highest BCUT2D eigenvalue weighted by molar-refractivity contribution is 5.73. The second-order valence-electron chi connectivity index (χ2n) is 3.10. The summed E-state index contributed by atoms with van der Waals surface area (Å²) in [6.07, 6.45) is 6.55. The number of carbonyl (C=O) groups excluding carboxylic acids is 1. The van der Waals surface area contributed by atoms with Gasteiger partial charge >= 0.3 is 0 Å². The van der Waals surface area contributed by atoms with E-state index >= 15 is 0 Å². The van der Waals surface area contributed by atoms with Crippen LogP contribution in [0.15, 0.2) is 12.7 Å². The van der Waals surface area contributed by atoms with Crippen LogP contribution >= 0.6 is 0 Å². The van der Waals surface area contributed by atoms with E-state index in [0.29, 0.717) is 6.42 Å². The molecule has 0 aromatic carbocycles. The molecule has 0 atom stereocenters. The van der Waals surface area contributed by atoms with Gasteiger partial charge in [0.25, 0.3) is 0 Å². The van der Waals surface area contributed by atoms with Gasteiger partial charge in [-0.05, 0) is 38.8 Å². The van der Waals surface area contributed by atoms with Crippen LogP contribution < -0.4 is 11.1 Å². The second kappa shape index (κ2) is 9.26. The van der Waals surface area contributed by atoms with Crippen LogP contribution in [0.5, 0.6) is 0 Å². The van der Waals surface area contributed by atoms with Crippen LogP contribution in [0.2, 0.25) is 0 Å². The van der Waals surface area contributed by atoms with Gasteiger partial charge in [-0.3, -0.25) is 4.79 Å². The first kappa shape index (κ1) is 12.2. The van der Waals surface area contributed by atoms with E-state index in [-0.39, 0.29) is 5.91 Å². The van der Waals surface area contributed by atoms with E-state index in [1.807, 2.05) is 6.08 Å². The fourth-order valence-electron chi connectivity index (χ4n) is 1.05. The molecule has 0 aliphatic carbocycles. The normalized spacial score (nSPS) is 9.85. The highest BCUT2D eigenvalue weighted by atomic mass is 16.1. The number of allylic oxidation sites excluding steroid dienone is 1. The third-order valence-corrected chi connectivity index (χ3v) is 1.79. The van der Waals surface area contributed by atoms with E-state index in [1.165, 1.54) is 0 Å². The Hall–Kier alpha value is -0.830. The van der Waals surface area contributed by atoms with E-state index in [1.54, 1.807) is 0 Å². The molecule has 0 fully saturated rings. The molecule has 3 nitrogen and oxygen atoms in total. The Morgan fingerprint density at radius 2 is 2.00 bits per heavy atom. The van der Waals surface area contributed by atoms with Crippen molar-refractivity contribution in [3.63, 3.8) is 0 Å². The van der Waals surface area contributed by atoms with Crippen LogP contribution in [0.3, 0.4) is 0 Å². The molecule has 0 bridgehead atoms. The van der Waals surface area contributed by atoms with Crippen molar-refractivity contribution in [1.82, 2.24) is 5.32 Å². The van der Waals surface area contributed by atoms with Crippen molar-refractivity contribution in [1.29, 1.82) is 0 Å². The van der Waals surface area contributed by atoms with Crippen LogP contribution in [0.4, 0.5) is 0 Å². The van der Waals surface area contributed by atoms with Crippen molar-refractivity contribution in [3.05, 3.63) is 12.7 Å². The Labute approximate surface area is 80.4 Å². The average molecular weight is 184 g/mol. The summed E-state index contributed by atoms with van der Waals surface area (Å²) in [5.41, 5.74) is 5.00. The summed E-state index contributed by atoms with van der Waals surface area (Å²) in [6.45, 7) is 5.66. The molecule has 0 radical (unpaired) electrons. The maximum absolute atomic E-state index is 10.4. The Morgan fingerprint density at radius 1 is 1.31 bits per heavy atom. The Balaban J connectivity index is 2.91. The van der Waals surface area contributed by atoms with Gasteiger partial charge in [0.2, 0.25) is 5.91 Å². The van der Waals surface area contributed by atoms with Crippen LogP contribution in [-0.2, 0) is 4.79 Å². The SMILES string of the molecule is C=CCCCNCCCCC(N)=O. The van der Waals surface area contributed by atoms with Gasteiger partial charge in [0.1, 0.15) is 0 Å². The molecule has 0 heterocycles. The van der Waals surface area contributed by atoms with Gasteiger partial charge < -0.3 is 11.1 Å². The highest BCUT2D eigenvalue weighted by Crippen LogP contribution is 1.92. The molecular formula is C10H20N2O. The molecule has 0 saturated heterocycles. The molecule has 76 valence electrons. The largest absolute Gasteiger partial charge is 0.370 e. The number of hydrogen-bond donors (Lipinski definition) is 2. The maximum atomic E-state index is 10.4. The number of nitrogens with two attached hydrogens (primary N) is 1. The number of unbranched alkanes of at least 4 members (excludes halogenated alkanes) is 2. The Kier molecular flexibility index (Phi) is 8.67. The minimum absolute atomic E-state index is 0.202. The summed E-state index contributed by atoms with van der Waals surface area (Å²) in [7, 11) is 0. The van der Waals surface area contributed by atoms with Crippen molar-refractivity contribution in [3.8, 4) is 0 Å². The number of nitrogens with one attached hydrogen (secondary N) is 1. The van der Waals surface area contributed by atoms with Crippen LogP contribution in [0, 0.1) is 0 Å². The first-order valence-electron chi connectivity index (χ1n) is 4.87. The monoisotopic (exact) mass is 184 g/mol. The van der Waals surface area contributed by atoms with Crippen LogP contribution in [0.1, 0.15) is 32.1 Å². The fourth-order valence-corrected chi connectivity index (χ4v) is 1.05. The first-order chi connectivity index (χ1) is 6.27. The molecule has 0 rings (SSSR count). The maximum Gasteiger partial charge on any atom is 0.217 e. The predicted octanol–water partition coefficient (Wildman–Crippen LogP) is 1.20. The van der Waals surface area contributed by atoms with Gasteiger partial charge in [-0.2, -0.15) is 0 Å². The number of rotatable bonds is 9. The molecule has 0 aromatic heterocycles. The van der Waals surface area contributed by atoms with E-state index in [2.05, 4.69) is 11.9 Å². The third kappa shape index (κ3) is 11.2. The molecule has 3 N–H and O–H groups in total. The number of amides is 1. The summed E-state index contributed by atoms with van der Waals surface area (Å²) < 4.78 is 0. The second-order valence-corrected chi connectivity index (χ2v) is 3.10. The lowest BCUT2D eigenvalue weighted by molar-refractivity contribution is -0.118. The zero-order chi connectivity index (χ0) is 9.94. The lowest BCUT2D eigenvalue weighted by Gasteiger charge is -2.02. The number of primary amides is 1. The van der Waals surface area contributed by atoms with Crippen molar-refractivity contribution < 1.29 is 4.79 Å². The van der Waals surface area contributed by atoms with Gasteiger partial charge in [-0.25, -0.2) is 0 Å². The van der Waals surface area contributed by atoms with Crippen molar-refractivity contribution in [2.75, 3.05) is 13.1 Å². The van der Waals surface area contributed by atoms with Gasteiger partial charge in [0, 0.05) is 6.42 Å². The highest BCUT2D eigenvalue weighted by Gasteiger charge is 1.93. The van der Waals surface area contributed by atoms with E-state index in [9.17, 15) is 4.79 Å².